The maximum absolute atomic E-state index is 10.5. The maximum atomic E-state index is 10.5. The van der Waals surface area contributed by atoms with Crippen LogP contribution in [0.2, 0.25) is 0 Å². The van der Waals surface area contributed by atoms with E-state index in [9.17, 15) is 4.79 Å². The Hall–Kier alpha value is -0.380. The Bertz CT molecular complexity index is 114. The summed E-state index contributed by atoms with van der Waals surface area (Å²) in [5.41, 5.74) is 0. The van der Waals surface area contributed by atoms with Crippen molar-refractivity contribution in [2.75, 3.05) is 19.1 Å². The van der Waals surface area contributed by atoms with Crippen molar-refractivity contribution >= 4 is 17.7 Å². The lowest BCUT2D eigenvalue weighted by Crippen LogP contribution is -1.92. The molecule has 0 saturated carbocycles. The van der Waals surface area contributed by atoms with Crippen LogP contribution in [0.5, 0.6) is 0 Å². The van der Waals surface area contributed by atoms with Crippen molar-refractivity contribution in [2.45, 2.75) is 6.42 Å². The van der Waals surface area contributed by atoms with Gasteiger partial charge in [-0.2, -0.15) is 16.9 Å². The molecule has 0 N–H and O–H groups in total. The molecular formula is C5H10N2OS. The summed E-state index contributed by atoms with van der Waals surface area (Å²) >= 11 is 1.63. The van der Waals surface area contributed by atoms with Gasteiger partial charge in [-0.3, -0.25) is 4.79 Å². The zero-order chi connectivity index (χ0) is 7.11. The van der Waals surface area contributed by atoms with Crippen molar-refractivity contribution < 1.29 is 4.79 Å². The minimum absolute atomic E-state index is 0.133. The molecule has 52 valence electrons. The van der Waals surface area contributed by atoms with E-state index in [1.165, 1.54) is 7.05 Å². The molecule has 0 atom stereocenters. The van der Waals surface area contributed by atoms with Gasteiger partial charge in [0.2, 0.25) is 0 Å². The monoisotopic (exact) mass is 146 g/mol. The minimum atomic E-state index is -0.133. The van der Waals surface area contributed by atoms with Gasteiger partial charge >= 0.3 is 0 Å². The standard InChI is InChI=1S/C5H10N2OS/c1-6-7-5(8)3-4-9-2/h3-4H2,1-2H3. The molecule has 0 aliphatic heterocycles. The molecule has 0 spiro atoms. The van der Waals surface area contributed by atoms with E-state index >= 15 is 0 Å². The average Bonchev–Trinajstić information content (AvgIpc) is 1.85. The number of nitrogens with zero attached hydrogens (tertiary/aromatic N) is 2. The third-order valence-corrected chi connectivity index (χ3v) is 1.34. The number of azo groups is 1. The number of hydrogen-bond acceptors (Lipinski definition) is 3. The van der Waals surface area contributed by atoms with Crippen LogP contribution in [-0.4, -0.2) is 25.0 Å². The van der Waals surface area contributed by atoms with Gasteiger partial charge < -0.3 is 0 Å². The lowest BCUT2D eigenvalue weighted by Gasteiger charge is -1.87. The zero-order valence-electron chi connectivity index (χ0n) is 5.63. The zero-order valence-corrected chi connectivity index (χ0v) is 6.44. The third-order valence-electron chi connectivity index (χ3n) is 0.732. The van der Waals surface area contributed by atoms with Gasteiger partial charge in [0.05, 0.1) is 0 Å². The summed E-state index contributed by atoms with van der Waals surface area (Å²) in [6.07, 6.45) is 2.45. The summed E-state index contributed by atoms with van der Waals surface area (Å²) in [5, 5.41) is 6.69. The summed E-state index contributed by atoms with van der Waals surface area (Å²) in [6.45, 7) is 0. The summed E-state index contributed by atoms with van der Waals surface area (Å²) in [5.74, 6) is 0.699. The first kappa shape index (κ1) is 8.62. The molecule has 1 amide bonds. The smallest absolute Gasteiger partial charge is 0.265 e. The van der Waals surface area contributed by atoms with E-state index in [2.05, 4.69) is 10.2 Å². The van der Waals surface area contributed by atoms with Gasteiger partial charge in [0, 0.05) is 19.2 Å². The van der Waals surface area contributed by atoms with E-state index in [0.29, 0.717) is 6.42 Å². The molecule has 0 aliphatic rings. The van der Waals surface area contributed by atoms with Gasteiger partial charge in [-0.15, -0.1) is 5.11 Å². The highest BCUT2D eigenvalue weighted by atomic mass is 32.2. The van der Waals surface area contributed by atoms with Crippen LogP contribution < -0.4 is 0 Å². The van der Waals surface area contributed by atoms with Crippen LogP contribution in [0.15, 0.2) is 10.2 Å². The fourth-order valence-corrected chi connectivity index (χ4v) is 0.730. The highest BCUT2D eigenvalue weighted by molar-refractivity contribution is 7.98. The van der Waals surface area contributed by atoms with Crippen molar-refractivity contribution in [2.24, 2.45) is 10.2 Å². The maximum Gasteiger partial charge on any atom is 0.265 e. The molecule has 0 aromatic carbocycles. The minimum Gasteiger partial charge on any atom is -0.271 e. The van der Waals surface area contributed by atoms with Crippen molar-refractivity contribution in [3.05, 3.63) is 0 Å². The van der Waals surface area contributed by atoms with E-state index in [4.69, 9.17) is 0 Å². The molecule has 0 aromatic heterocycles. The van der Waals surface area contributed by atoms with Crippen LogP contribution in [0.25, 0.3) is 0 Å². The first-order valence-electron chi connectivity index (χ1n) is 2.63. The average molecular weight is 146 g/mol. The second-order valence-corrected chi connectivity index (χ2v) is 2.42. The Morgan fingerprint density at radius 2 is 2.33 bits per heavy atom. The fourth-order valence-electron chi connectivity index (χ4n) is 0.351. The predicted molar refractivity (Wildman–Crippen MR) is 38.8 cm³/mol. The van der Waals surface area contributed by atoms with Crippen LogP contribution >= 0.6 is 11.8 Å². The topological polar surface area (TPSA) is 41.8 Å². The van der Waals surface area contributed by atoms with Crippen LogP contribution in [0.4, 0.5) is 0 Å². The number of thioether (sulfide) groups is 1. The third kappa shape index (κ3) is 5.49. The molecule has 0 bridgehead atoms. The second kappa shape index (κ2) is 5.75. The molecule has 0 heterocycles. The number of hydrogen-bond donors (Lipinski definition) is 0. The van der Waals surface area contributed by atoms with Crippen LogP contribution in [0.3, 0.4) is 0 Å². The molecule has 0 rings (SSSR count). The Morgan fingerprint density at radius 1 is 1.67 bits per heavy atom. The lowest BCUT2D eigenvalue weighted by atomic mass is 10.5. The molecule has 0 aliphatic carbocycles. The molecule has 4 heteroatoms. The summed E-state index contributed by atoms with van der Waals surface area (Å²) < 4.78 is 0. The molecule has 0 radical (unpaired) electrons. The van der Waals surface area contributed by atoms with E-state index in [-0.39, 0.29) is 5.91 Å². The number of amides is 1. The second-order valence-electron chi connectivity index (χ2n) is 1.44. The first-order chi connectivity index (χ1) is 4.31. The quantitative estimate of drug-likeness (QED) is 0.564. The molecule has 3 nitrogen and oxygen atoms in total. The summed E-state index contributed by atoms with van der Waals surface area (Å²) in [4.78, 5) is 10.5. The van der Waals surface area contributed by atoms with E-state index in [1.54, 1.807) is 11.8 Å². The molecule has 0 aromatic rings. The first-order valence-corrected chi connectivity index (χ1v) is 4.02. The van der Waals surface area contributed by atoms with Gasteiger partial charge in [-0.05, 0) is 6.26 Å². The van der Waals surface area contributed by atoms with Gasteiger partial charge in [0.1, 0.15) is 0 Å². The molecule has 0 fully saturated rings. The molecule has 9 heavy (non-hydrogen) atoms. The fraction of sp³-hybridized carbons (Fsp3) is 0.800. The van der Waals surface area contributed by atoms with E-state index in [1.807, 2.05) is 6.26 Å². The number of carbonyl (C=O) groups excluding carboxylic acids is 1. The van der Waals surface area contributed by atoms with Gasteiger partial charge in [0.15, 0.2) is 0 Å². The lowest BCUT2D eigenvalue weighted by molar-refractivity contribution is -0.117. The van der Waals surface area contributed by atoms with E-state index in [0.717, 1.165) is 5.75 Å². The Kier molecular flexibility index (Phi) is 5.51. The van der Waals surface area contributed by atoms with Crippen molar-refractivity contribution in [1.29, 1.82) is 0 Å². The molecular weight excluding hydrogens is 136 g/mol. The van der Waals surface area contributed by atoms with Crippen LogP contribution in [0.1, 0.15) is 6.42 Å². The normalized spacial score (nSPS) is 10.4. The Balaban J connectivity index is 3.27. The van der Waals surface area contributed by atoms with Crippen molar-refractivity contribution in [1.82, 2.24) is 0 Å². The molecule has 0 unspecified atom stereocenters. The Labute approximate surface area is 58.9 Å². The van der Waals surface area contributed by atoms with Crippen molar-refractivity contribution in [3.63, 3.8) is 0 Å². The van der Waals surface area contributed by atoms with Crippen LogP contribution in [0, 0.1) is 0 Å². The number of carbonyl (C=O) groups is 1. The Morgan fingerprint density at radius 3 is 2.78 bits per heavy atom. The van der Waals surface area contributed by atoms with Gasteiger partial charge in [0.25, 0.3) is 5.91 Å². The SMILES string of the molecule is CN=NC(=O)CCSC. The highest BCUT2D eigenvalue weighted by Gasteiger charge is 1.94. The largest absolute Gasteiger partial charge is 0.271 e. The molecule has 0 saturated heterocycles. The summed E-state index contributed by atoms with van der Waals surface area (Å²) in [6, 6.07) is 0. The van der Waals surface area contributed by atoms with E-state index < -0.39 is 0 Å². The van der Waals surface area contributed by atoms with Gasteiger partial charge in [-0.1, -0.05) is 0 Å². The van der Waals surface area contributed by atoms with Gasteiger partial charge in [-0.25, -0.2) is 0 Å². The van der Waals surface area contributed by atoms with Crippen molar-refractivity contribution in [3.8, 4) is 0 Å². The predicted octanol–water partition coefficient (Wildman–Crippen LogP) is 1.35. The van der Waals surface area contributed by atoms with Crippen LogP contribution in [-0.2, 0) is 4.79 Å². The number of rotatable bonds is 3. The summed E-state index contributed by atoms with van der Waals surface area (Å²) in [7, 11) is 1.50. The highest BCUT2D eigenvalue weighted by Crippen LogP contribution is 1.96.